The Morgan fingerprint density at radius 1 is 1.09 bits per heavy atom. The van der Waals surface area contributed by atoms with Crippen molar-refractivity contribution in [2.75, 3.05) is 16.8 Å². The molecule has 0 spiro atoms. The van der Waals surface area contributed by atoms with Gasteiger partial charge in [-0.3, -0.25) is 9.59 Å². The summed E-state index contributed by atoms with van der Waals surface area (Å²) in [6.45, 7) is 4.33. The molecular weight excluding hydrogens is 454 g/mol. The molecule has 166 valence electrons. The number of amides is 2. The lowest BCUT2D eigenvalue weighted by atomic mass is 10.1. The highest BCUT2D eigenvalue weighted by Crippen LogP contribution is 2.32. The summed E-state index contributed by atoms with van der Waals surface area (Å²) in [6, 6.07) is 19.4. The second-order valence-corrected chi connectivity index (χ2v) is 9.83. The van der Waals surface area contributed by atoms with Crippen molar-refractivity contribution >= 4 is 56.3 Å². The topological polar surface area (TPSA) is 62.3 Å². The number of halogens is 1. The van der Waals surface area contributed by atoms with Crippen LogP contribution in [0.1, 0.15) is 17.5 Å². The highest BCUT2D eigenvalue weighted by molar-refractivity contribution is 7.21. The summed E-state index contributed by atoms with van der Waals surface area (Å²) >= 11 is 7.87. The first-order valence-electron chi connectivity index (χ1n) is 10.7. The monoisotopic (exact) mass is 475 g/mol. The van der Waals surface area contributed by atoms with Gasteiger partial charge in [0.15, 0.2) is 0 Å². The van der Waals surface area contributed by atoms with Crippen LogP contribution in [0.4, 0.5) is 11.4 Å². The molecule has 1 saturated heterocycles. The van der Waals surface area contributed by atoms with E-state index in [1.54, 1.807) is 22.3 Å². The van der Waals surface area contributed by atoms with E-state index in [4.69, 9.17) is 16.6 Å². The Morgan fingerprint density at radius 3 is 2.64 bits per heavy atom. The Morgan fingerprint density at radius 2 is 1.88 bits per heavy atom. The SMILES string of the molecule is Cc1ccc2nc(-c3ccc(NC(=O)C4CC(=O)N(c5ccc(C)c(Cl)c5)C4)cc3)sc2c1. The first kappa shape index (κ1) is 21.6. The number of anilines is 2. The molecule has 1 aliphatic heterocycles. The summed E-state index contributed by atoms with van der Waals surface area (Å²) in [5, 5.41) is 4.50. The van der Waals surface area contributed by atoms with E-state index in [9.17, 15) is 9.59 Å². The maximum Gasteiger partial charge on any atom is 0.229 e. The van der Waals surface area contributed by atoms with Crippen molar-refractivity contribution in [3.05, 3.63) is 76.8 Å². The summed E-state index contributed by atoms with van der Waals surface area (Å²) in [7, 11) is 0. The van der Waals surface area contributed by atoms with Crippen molar-refractivity contribution in [3.63, 3.8) is 0 Å². The predicted molar refractivity (Wildman–Crippen MR) is 135 cm³/mol. The van der Waals surface area contributed by atoms with Crippen LogP contribution in [0.15, 0.2) is 60.7 Å². The maximum absolute atomic E-state index is 12.8. The molecule has 0 aliphatic carbocycles. The van der Waals surface area contributed by atoms with Crippen LogP contribution < -0.4 is 10.2 Å². The van der Waals surface area contributed by atoms with Crippen LogP contribution in [-0.4, -0.2) is 23.3 Å². The standard InChI is InChI=1S/C26H22ClN3O2S/c1-15-3-10-22-23(11-15)33-26(29-22)17-5-7-19(8-6-17)28-25(32)18-12-24(31)30(14-18)20-9-4-16(2)21(27)13-20/h3-11,13,18H,12,14H2,1-2H3,(H,28,32). The number of hydrogen-bond donors (Lipinski definition) is 1. The number of aryl methyl sites for hydroxylation is 2. The number of benzene rings is 3. The van der Waals surface area contributed by atoms with Crippen molar-refractivity contribution in [1.82, 2.24) is 4.98 Å². The summed E-state index contributed by atoms with van der Waals surface area (Å²) in [5.74, 6) is -0.645. The van der Waals surface area contributed by atoms with Gasteiger partial charge in [0.2, 0.25) is 11.8 Å². The molecule has 3 aromatic carbocycles. The highest BCUT2D eigenvalue weighted by atomic mass is 35.5. The number of rotatable bonds is 4. The zero-order chi connectivity index (χ0) is 23.1. The highest BCUT2D eigenvalue weighted by Gasteiger charge is 2.35. The molecule has 1 N–H and O–H groups in total. The molecule has 0 bridgehead atoms. The third-order valence-corrected chi connectivity index (χ3v) is 7.38. The molecule has 1 atom stereocenters. The first-order chi connectivity index (χ1) is 15.9. The van der Waals surface area contributed by atoms with Gasteiger partial charge in [-0.2, -0.15) is 0 Å². The average molecular weight is 476 g/mol. The zero-order valence-electron chi connectivity index (χ0n) is 18.3. The molecule has 33 heavy (non-hydrogen) atoms. The number of carbonyl (C=O) groups is 2. The molecule has 5 rings (SSSR count). The first-order valence-corrected chi connectivity index (χ1v) is 11.9. The predicted octanol–water partition coefficient (Wildman–Crippen LogP) is 6.23. The normalized spacial score (nSPS) is 15.9. The van der Waals surface area contributed by atoms with Gasteiger partial charge in [0.05, 0.1) is 16.1 Å². The minimum Gasteiger partial charge on any atom is -0.326 e. The van der Waals surface area contributed by atoms with E-state index in [-0.39, 0.29) is 18.2 Å². The van der Waals surface area contributed by atoms with E-state index < -0.39 is 5.92 Å². The molecule has 2 amide bonds. The van der Waals surface area contributed by atoms with Gasteiger partial charge in [0.1, 0.15) is 5.01 Å². The van der Waals surface area contributed by atoms with Gasteiger partial charge in [-0.25, -0.2) is 4.98 Å². The Bertz CT molecular complexity index is 1380. The molecular formula is C26H22ClN3O2S. The van der Waals surface area contributed by atoms with Crippen molar-refractivity contribution < 1.29 is 9.59 Å². The second-order valence-electron chi connectivity index (χ2n) is 8.40. The van der Waals surface area contributed by atoms with E-state index in [2.05, 4.69) is 24.4 Å². The fraction of sp³-hybridized carbons (Fsp3) is 0.192. The summed E-state index contributed by atoms with van der Waals surface area (Å²) in [4.78, 5) is 31.7. The molecule has 0 saturated carbocycles. The Labute approximate surface area is 201 Å². The quantitative estimate of drug-likeness (QED) is 0.381. The molecule has 7 heteroatoms. The van der Waals surface area contributed by atoms with Crippen LogP contribution in [0.5, 0.6) is 0 Å². The van der Waals surface area contributed by atoms with Gasteiger partial charge in [-0.1, -0.05) is 23.7 Å². The average Bonchev–Trinajstić information content (AvgIpc) is 3.39. The molecule has 1 unspecified atom stereocenters. The molecule has 4 aromatic rings. The molecule has 1 aromatic heterocycles. The number of hydrogen-bond acceptors (Lipinski definition) is 4. The minimum atomic E-state index is -0.412. The lowest BCUT2D eigenvalue weighted by molar-refractivity contribution is -0.122. The lowest BCUT2D eigenvalue weighted by Crippen LogP contribution is -2.28. The molecule has 5 nitrogen and oxygen atoms in total. The molecule has 2 heterocycles. The smallest absolute Gasteiger partial charge is 0.229 e. The zero-order valence-corrected chi connectivity index (χ0v) is 19.8. The Balaban J connectivity index is 1.27. The van der Waals surface area contributed by atoms with Crippen molar-refractivity contribution in [2.24, 2.45) is 5.92 Å². The second kappa shape index (κ2) is 8.61. The van der Waals surface area contributed by atoms with Gasteiger partial charge in [-0.05, 0) is 73.5 Å². The van der Waals surface area contributed by atoms with Crippen LogP contribution >= 0.6 is 22.9 Å². The van der Waals surface area contributed by atoms with Crippen LogP contribution in [0.2, 0.25) is 5.02 Å². The van der Waals surface area contributed by atoms with Gasteiger partial charge in [0.25, 0.3) is 0 Å². The van der Waals surface area contributed by atoms with E-state index in [0.717, 1.165) is 32.0 Å². The molecule has 1 aliphatic rings. The third kappa shape index (κ3) is 4.36. The van der Waals surface area contributed by atoms with E-state index >= 15 is 0 Å². The number of fused-ring (bicyclic) bond motifs is 1. The Kier molecular flexibility index (Phi) is 5.64. The number of nitrogens with zero attached hydrogens (tertiary/aromatic N) is 2. The van der Waals surface area contributed by atoms with Gasteiger partial charge in [0, 0.05) is 34.9 Å². The van der Waals surface area contributed by atoms with Gasteiger partial charge >= 0.3 is 0 Å². The fourth-order valence-corrected chi connectivity index (χ4v) is 5.22. The number of aromatic nitrogens is 1. The lowest BCUT2D eigenvalue weighted by Gasteiger charge is -2.17. The minimum absolute atomic E-state index is 0.0727. The largest absolute Gasteiger partial charge is 0.326 e. The summed E-state index contributed by atoms with van der Waals surface area (Å²) in [5.41, 5.74) is 5.58. The van der Waals surface area contributed by atoms with Crippen LogP contribution in [0.3, 0.4) is 0 Å². The van der Waals surface area contributed by atoms with Gasteiger partial charge < -0.3 is 10.2 Å². The summed E-state index contributed by atoms with van der Waals surface area (Å²) < 4.78 is 1.16. The Hall–Kier alpha value is -3.22. The number of thiazole rings is 1. The van der Waals surface area contributed by atoms with E-state index in [0.29, 0.717) is 17.3 Å². The maximum atomic E-state index is 12.8. The number of nitrogens with one attached hydrogen (secondary N) is 1. The van der Waals surface area contributed by atoms with Crippen LogP contribution in [-0.2, 0) is 9.59 Å². The third-order valence-electron chi connectivity index (χ3n) is 5.91. The van der Waals surface area contributed by atoms with Crippen molar-refractivity contribution in [3.8, 4) is 10.6 Å². The van der Waals surface area contributed by atoms with Crippen molar-refractivity contribution in [2.45, 2.75) is 20.3 Å². The fourth-order valence-electron chi connectivity index (χ4n) is 3.98. The van der Waals surface area contributed by atoms with Crippen LogP contribution in [0.25, 0.3) is 20.8 Å². The molecule has 0 radical (unpaired) electrons. The van der Waals surface area contributed by atoms with Gasteiger partial charge in [-0.15, -0.1) is 11.3 Å². The van der Waals surface area contributed by atoms with Crippen LogP contribution in [0, 0.1) is 19.8 Å². The van der Waals surface area contributed by atoms with E-state index in [1.807, 2.05) is 49.4 Å². The molecule has 1 fully saturated rings. The van der Waals surface area contributed by atoms with E-state index in [1.165, 1.54) is 5.56 Å². The number of carbonyl (C=O) groups excluding carboxylic acids is 2. The van der Waals surface area contributed by atoms with Crippen molar-refractivity contribution in [1.29, 1.82) is 0 Å². The summed E-state index contributed by atoms with van der Waals surface area (Å²) in [6.07, 6.45) is 0.181.